The van der Waals surface area contributed by atoms with Gasteiger partial charge in [0.05, 0.1) is 18.1 Å². The largest absolute Gasteiger partial charge is 0.476 e. The van der Waals surface area contributed by atoms with Crippen molar-refractivity contribution in [2.45, 2.75) is 6.54 Å². The molecule has 1 N–H and O–H groups in total. The number of carbonyl (C=O) groups is 1. The summed E-state index contributed by atoms with van der Waals surface area (Å²) in [7, 11) is 0. The first-order valence-electron chi connectivity index (χ1n) is 8.81. The SMILES string of the molecule is O=C(O)c1cnc(N2CCN(Cc3csc(-c4ccc(F)cc4)n3)CC2)cn1. The molecule has 1 aromatic carbocycles. The van der Waals surface area contributed by atoms with Crippen molar-refractivity contribution in [2.75, 3.05) is 31.1 Å². The lowest BCUT2D eigenvalue weighted by Crippen LogP contribution is -2.46. The zero-order valence-corrected chi connectivity index (χ0v) is 15.8. The van der Waals surface area contributed by atoms with Gasteiger partial charge < -0.3 is 10.0 Å². The maximum atomic E-state index is 13.1. The Bertz CT molecular complexity index is 953. The minimum Gasteiger partial charge on any atom is -0.476 e. The van der Waals surface area contributed by atoms with E-state index in [2.05, 4.69) is 24.8 Å². The van der Waals surface area contributed by atoms with Crippen LogP contribution in [-0.2, 0) is 6.54 Å². The summed E-state index contributed by atoms with van der Waals surface area (Å²) in [5.41, 5.74) is 1.87. The molecule has 1 aliphatic rings. The summed E-state index contributed by atoms with van der Waals surface area (Å²) in [5, 5.41) is 11.8. The number of thiazole rings is 1. The number of carboxylic acids is 1. The summed E-state index contributed by atoms with van der Waals surface area (Å²) >= 11 is 1.56. The molecule has 0 atom stereocenters. The van der Waals surface area contributed by atoms with Crippen molar-refractivity contribution in [3.05, 3.63) is 59.2 Å². The summed E-state index contributed by atoms with van der Waals surface area (Å²) in [6, 6.07) is 6.38. The number of carboxylic acid groups (broad SMARTS) is 1. The lowest BCUT2D eigenvalue weighted by Gasteiger charge is -2.34. The van der Waals surface area contributed by atoms with E-state index in [1.807, 2.05) is 5.38 Å². The van der Waals surface area contributed by atoms with Crippen LogP contribution in [0, 0.1) is 5.82 Å². The lowest BCUT2D eigenvalue weighted by molar-refractivity contribution is 0.0690. The van der Waals surface area contributed by atoms with Gasteiger partial charge in [-0.1, -0.05) is 0 Å². The standard InChI is InChI=1S/C19H18FN5O2S/c20-14-3-1-13(2-4-14)18-23-15(12-28-18)11-24-5-7-25(8-6-24)17-10-21-16(9-22-17)19(26)27/h1-4,9-10,12H,5-8,11H2,(H,26,27). The van der Waals surface area contributed by atoms with Gasteiger partial charge in [-0.3, -0.25) is 4.90 Å². The molecular formula is C19H18FN5O2S. The van der Waals surface area contributed by atoms with Gasteiger partial charge in [-0.2, -0.15) is 0 Å². The molecule has 0 amide bonds. The molecule has 28 heavy (non-hydrogen) atoms. The number of aromatic carboxylic acids is 1. The molecule has 4 rings (SSSR count). The summed E-state index contributed by atoms with van der Waals surface area (Å²) < 4.78 is 13.1. The average Bonchev–Trinajstić information content (AvgIpc) is 3.18. The Balaban J connectivity index is 1.33. The number of hydrogen-bond acceptors (Lipinski definition) is 7. The number of hydrogen-bond donors (Lipinski definition) is 1. The fourth-order valence-corrected chi connectivity index (χ4v) is 3.88. The van der Waals surface area contributed by atoms with Gasteiger partial charge in [0.25, 0.3) is 0 Å². The van der Waals surface area contributed by atoms with E-state index < -0.39 is 5.97 Å². The quantitative estimate of drug-likeness (QED) is 0.706. The third kappa shape index (κ3) is 4.15. The summed E-state index contributed by atoms with van der Waals surface area (Å²) in [6.07, 6.45) is 2.80. The van der Waals surface area contributed by atoms with Gasteiger partial charge >= 0.3 is 5.97 Å². The van der Waals surface area contributed by atoms with E-state index in [0.29, 0.717) is 5.82 Å². The van der Waals surface area contributed by atoms with Crippen LogP contribution in [0.2, 0.25) is 0 Å². The lowest BCUT2D eigenvalue weighted by atomic mass is 10.2. The molecule has 0 saturated carbocycles. The Morgan fingerprint density at radius 1 is 1.11 bits per heavy atom. The molecule has 7 nitrogen and oxygen atoms in total. The fraction of sp³-hybridized carbons (Fsp3) is 0.263. The van der Waals surface area contributed by atoms with Crippen LogP contribution >= 0.6 is 11.3 Å². The van der Waals surface area contributed by atoms with E-state index in [9.17, 15) is 9.18 Å². The third-order valence-corrected chi connectivity index (χ3v) is 5.52. The number of rotatable bonds is 5. The van der Waals surface area contributed by atoms with Crippen LogP contribution in [0.4, 0.5) is 10.2 Å². The smallest absolute Gasteiger partial charge is 0.356 e. The Morgan fingerprint density at radius 3 is 2.50 bits per heavy atom. The molecule has 3 heterocycles. The van der Waals surface area contributed by atoms with E-state index in [0.717, 1.165) is 49.0 Å². The molecule has 1 fully saturated rings. The summed E-state index contributed by atoms with van der Waals surface area (Å²) in [5.74, 6) is -0.635. The highest BCUT2D eigenvalue weighted by Crippen LogP contribution is 2.25. The number of halogens is 1. The molecule has 0 aliphatic carbocycles. The van der Waals surface area contributed by atoms with Crippen molar-refractivity contribution in [3.8, 4) is 10.6 Å². The number of piperazine rings is 1. The maximum absolute atomic E-state index is 13.1. The minimum absolute atomic E-state index is 0.0529. The van der Waals surface area contributed by atoms with Crippen molar-refractivity contribution in [1.82, 2.24) is 19.9 Å². The molecule has 0 spiro atoms. The van der Waals surface area contributed by atoms with Crippen molar-refractivity contribution in [1.29, 1.82) is 0 Å². The molecule has 9 heteroatoms. The van der Waals surface area contributed by atoms with Crippen LogP contribution in [0.25, 0.3) is 10.6 Å². The van der Waals surface area contributed by atoms with Gasteiger partial charge in [0, 0.05) is 43.7 Å². The molecule has 0 unspecified atom stereocenters. The number of benzene rings is 1. The number of anilines is 1. The Morgan fingerprint density at radius 2 is 1.86 bits per heavy atom. The van der Waals surface area contributed by atoms with E-state index in [1.165, 1.54) is 24.5 Å². The molecule has 0 bridgehead atoms. The van der Waals surface area contributed by atoms with E-state index in [1.54, 1.807) is 23.5 Å². The summed E-state index contributed by atoms with van der Waals surface area (Å²) in [4.78, 5) is 28.1. The van der Waals surface area contributed by atoms with Gasteiger partial charge in [-0.25, -0.2) is 24.1 Å². The predicted molar refractivity (Wildman–Crippen MR) is 104 cm³/mol. The second kappa shape index (κ2) is 7.99. The Labute approximate surface area is 165 Å². The first-order valence-corrected chi connectivity index (χ1v) is 9.69. The summed E-state index contributed by atoms with van der Waals surface area (Å²) in [6.45, 7) is 4.04. The van der Waals surface area contributed by atoms with Gasteiger partial charge in [0.2, 0.25) is 0 Å². The van der Waals surface area contributed by atoms with E-state index in [-0.39, 0.29) is 11.5 Å². The fourth-order valence-electron chi connectivity index (χ4n) is 3.06. The third-order valence-electron chi connectivity index (χ3n) is 4.58. The Hall–Kier alpha value is -2.91. The van der Waals surface area contributed by atoms with Crippen molar-refractivity contribution in [2.24, 2.45) is 0 Å². The van der Waals surface area contributed by atoms with Crippen molar-refractivity contribution in [3.63, 3.8) is 0 Å². The number of nitrogens with zero attached hydrogens (tertiary/aromatic N) is 5. The number of aromatic nitrogens is 3. The van der Waals surface area contributed by atoms with Gasteiger partial charge in [-0.15, -0.1) is 11.3 Å². The van der Waals surface area contributed by atoms with Crippen molar-refractivity contribution < 1.29 is 14.3 Å². The molecule has 1 saturated heterocycles. The maximum Gasteiger partial charge on any atom is 0.356 e. The highest BCUT2D eigenvalue weighted by molar-refractivity contribution is 7.13. The minimum atomic E-state index is -1.08. The monoisotopic (exact) mass is 399 g/mol. The zero-order valence-electron chi connectivity index (χ0n) is 15.0. The topological polar surface area (TPSA) is 82.5 Å². The normalized spacial score (nSPS) is 15.0. The Kier molecular flexibility index (Phi) is 5.27. The van der Waals surface area contributed by atoms with Crippen LogP contribution in [0.5, 0.6) is 0 Å². The zero-order chi connectivity index (χ0) is 19.5. The van der Waals surface area contributed by atoms with E-state index in [4.69, 9.17) is 5.11 Å². The van der Waals surface area contributed by atoms with Crippen LogP contribution in [0.1, 0.15) is 16.2 Å². The van der Waals surface area contributed by atoms with Gasteiger partial charge in [0.1, 0.15) is 16.6 Å². The molecule has 3 aromatic rings. The highest BCUT2D eigenvalue weighted by Gasteiger charge is 2.20. The second-order valence-electron chi connectivity index (χ2n) is 6.48. The average molecular weight is 399 g/mol. The first-order chi connectivity index (χ1) is 13.6. The van der Waals surface area contributed by atoms with Gasteiger partial charge in [0.15, 0.2) is 5.69 Å². The van der Waals surface area contributed by atoms with Gasteiger partial charge in [-0.05, 0) is 24.3 Å². The van der Waals surface area contributed by atoms with Crippen LogP contribution in [0.3, 0.4) is 0 Å². The first kappa shape index (κ1) is 18.5. The second-order valence-corrected chi connectivity index (χ2v) is 7.34. The van der Waals surface area contributed by atoms with Crippen LogP contribution in [-0.4, -0.2) is 57.1 Å². The van der Waals surface area contributed by atoms with Crippen LogP contribution in [0.15, 0.2) is 42.0 Å². The highest BCUT2D eigenvalue weighted by atomic mass is 32.1. The molecule has 144 valence electrons. The molecule has 1 aliphatic heterocycles. The van der Waals surface area contributed by atoms with Crippen LogP contribution < -0.4 is 4.90 Å². The molecule has 0 radical (unpaired) electrons. The van der Waals surface area contributed by atoms with E-state index >= 15 is 0 Å². The van der Waals surface area contributed by atoms with Crippen molar-refractivity contribution >= 4 is 23.1 Å². The predicted octanol–water partition coefficient (Wildman–Crippen LogP) is 2.76. The molecule has 2 aromatic heterocycles. The molecular weight excluding hydrogens is 381 g/mol.